The van der Waals surface area contributed by atoms with Gasteiger partial charge in [0.05, 0.1) is 12.7 Å². The van der Waals surface area contributed by atoms with Crippen molar-refractivity contribution in [1.29, 1.82) is 0 Å². The van der Waals surface area contributed by atoms with E-state index in [0.29, 0.717) is 16.9 Å². The van der Waals surface area contributed by atoms with Crippen LogP contribution in [0.4, 0.5) is 0 Å². The third-order valence-corrected chi connectivity index (χ3v) is 3.10. The predicted octanol–water partition coefficient (Wildman–Crippen LogP) is 3.55. The molecule has 0 radical (unpaired) electrons. The van der Waals surface area contributed by atoms with Crippen molar-refractivity contribution in [3.8, 4) is 5.75 Å². The summed E-state index contributed by atoms with van der Waals surface area (Å²) in [6.45, 7) is 1.39. The fourth-order valence-electron chi connectivity index (χ4n) is 2.01. The maximum Gasteiger partial charge on any atom is 0.196 e. The lowest BCUT2D eigenvalue weighted by Gasteiger charge is -2.07. The lowest BCUT2D eigenvalue weighted by atomic mass is 9.98. The Kier molecular flexibility index (Phi) is 4.67. The Morgan fingerprint density at radius 2 is 1.57 bits per heavy atom. The third kappa shape index (κ3) is 3.45. The minimum Gasteiger partial charge on any atom is -0.496 e. The lowest BCUT2D eigenvalue weighted by Crippen LogP contribution is -2.10. The second-order valence-corrected chi connectivity index (χ2v) is 4.55. The molecule has 0 unspecified atom stereocenters. The molecule has 3 heteroatoms. The zero-order valence-corrected chi connectivity index (χ0v) is 12.0. The monoisotopic (exact) mass is 280 g/mol. The first-order chi connectivity index (χ1) is 10.1. The van der Waals surface area contributed by atoms with Crippen LogP contribution in [0.2, 0.25) is 0 Å². The van der Waals surface area contributed by atoms with Gasteiger partial charge < -0.3 is 4.74 Å². The molecule has 21 heavy (non-hydrogen) atoms. The van der Waals surface area contributed by atoms with Crippen LogP contribution in [0.3, 0.4) is 0 Å². The van der Waals surface area contributed by atoms with Crippen molar-refractivity contribution < 1.29 is 14.3 Å². The van der Waals surface area contributed by atoms with Crippen LogP contribution in [0.25, 0.3) is 6.08 Å². The molecule has 0 aromatic heterocycles. The summed E-state index contributed by atoms with van der Waals surface area (Å²) in [5.74, 6) is 0.0703. The van der Waals surface area contributed by atoms with Crippen LogP contribution in [-0.2, 0) is 4.79 Å². The number of Topliss-reactive ketones (excluding diaryl/α,β-unsaturated/α-hetero) is 2. The van der Waals surface area contributed by atoms with Gasteiger partial charge in [-0.05, 0) is 19.1 Å². The van der Waals surface area contributed by atoms with Gasteiger partial charge in [-0.25, -0.2) is 0 Å². The van der Waals surface area contributed by atoms with Gasteiger partial charge in [0.1, 0.15) is 5.75 Å². The van der Waals surface area contributed by atoms with Crippen LogP contribution < -0.4 is 4.74 Å². The molecule has 2 aromatic rings. The van der Waals surface area contributed by atoms with E-state index in [4.69, 9.17) is 4.74 Å². The van der Waals surface area contributed by atoms with Crippen molar-refractivity contribution in [2.75, 3.05) is 7.11 Å². The first-order valence-corrected chi connectivity index (χ1v) is 6.59. The van der Waals surface area contributed by atoms with Gasteiger partial charge in [0.25, 0.3) is 0 Å². The molecule has 106 valence electrons. The summed E-state index contributed by atoms with van der Waals surface area (Å²) in [5, 5.41) is 0. The summed E-state index contributed by atoms with van der Waals surface area (Å²) in [6, 6.07) is 16.0. The van der Waals surface area contributed by atoms with Gasteiger partial charge in [0, 0.05) is 11.1 Å². The van der Waals surface area contributed by atoms with E-state index >= 15 is 0 Å². The first-order valence-electron chi connectivity index (χ1n) is 6.59. The van der Waals surface area contributed by atoms with Gasteiger partial charge in [0.2, 0.25) is 0 Å². The number of ketones is 2. The Balaban J connectivity index is 2.47. The van der Waals surface area contributed by atoms with Crippen molar-refractivity contribution in [2.24, 2.45) is 0 Å². The summed E-state index contributed by atoms with van der Waals surface area (Å²) >= 11 is 0. The predicted molar refractivity (Wildman–Crippen MR) is 82.4 cm³/mol. The number of allylic oxidation sites excluding steroid dienone is 1. The molecule has 0 amide bonds. The number of carbonyl (C=O) groups is 2. The van der Waals surface area contributed by atoms with Gasteiger partial charge in [-0.1, -0.05) is 48.5 Å². The van der Waals surface area contributed by atoms with Crippen molar-refractivity contribution in [1.82, 2.24) is 0 Å². The lowest BCUT2D eigenvalue weighted by molar-refractivity contribution is -0.113. The number of hydrogen-bond donors (Lipinski definition) is 0. The molecule has 0 aliphatic heterocycles. The topological polar surface area (TPSA) is 43.4 Å². The van der Waals surface area contributed by atoms with Gasteiger partial charge in [-0.15, -0.1) is 0 Å². The molecule has 0 aliphatic rings. The normalized spacial score (nSPS) is 11.0. The molecule has 0 saturated carbocycles. The maximum atomic E-state index is 12.5. The molecule has 2 rings (SSSR count). The van der Waals surface area contributed by atoms with Crippen LogP contribution in [0.15, 0.2) is 60.2 Å². The van der Waals surface area contributed by atoms with Crippen LogP contribution in [0, 0.1) is 0 Å². The quantitative estimate of drug-likeness (QED) is 0.364. The highest BCUT2D eigenvalue weighted by molar-refractivity contribution is 6.28. The van der Waals surface area contributed by atoms with E-state index in [0.717, 1.165) is 0 Å². The molecule has 2 aromatic carbocycles. The van der Waals surface area contributed by atoms with E-state index in [1.54, 1.807) is 49.6 Å². The van der Waals surface area contributed by atoms with Crippen LogP contribution in [-0.4, -0.2) is 18.7 Å². The summed E-state index contributed by atoms with van der Waals surface area (Å²) in [7, 11) is 1.55. The van der Waals surface area contributed by atoms with E-state index in [1.807, 2.05) is 18.2 Å². The largest absolute Gasteiger partial charge is 0.496 e. The molecule has 0 fully saturated rings. The van der Waals surface area contributed by atoms with E-state index in [2.05, 4.69) is 0 Å². The van der Waals surface area contributed by atoms with E-state index in [9.17, 15) is 9.59 Å². The van der Waals surface area contributed by atoms with Crippen LogP contribution >= 0.6 is 0 Å². The molecular formula is C18H16O3. The Morgan fingerprint density at radius 3 is 2.19 bits per heavy atom. The Morgan fingerprint density at radius 1 is 0.952 bits per heavy atom. The zero-order chi connectivity index (χ0) is 15.2. The van der Waals surface area contributed by atoms with Crippen molar-refractivity contribution in [3.05, 3.63) is 71.3 Å². The average molecular weight is 280 g/mol. The van der Waals surface area contributed by atoms with Crippen molar-refractivity contribution >= 4 is 17.6 Å². The molecule has 0 N–H and O–H groups in total. The summed E-state index contributed by atoms with van der Waals surface area (Å²) in [4.78, 5) is 24.3. The standard InChI is InChI=1S/C18H16O3/c1-13(19)16(18(20)14-8-4-3-5-9-14)12-15-10-6-7-11-17(15)21-2/h3-12H,1-2H3. The number of carbonyl (C=O) groups excluding carboxylic acids is 2. The maximum absolute atomic E-state index is 12.5. The molecule has 0 saturated heterocycles. The fraction of sp³-hybridized carbons (Fsp3) is 0.111. The smallest absolute Gasteiger partial charge is 0.196 e. The third-order valence-electron chi connectivity index (χ3n) is 3.10. The molecule has 0 atom stereocenters. The number of rotatable bonds is 5. The average Bonchev–Trinajstić information content (AvgIpc) is 2.53. The van der Waals surface area contributed by atoms with Crippen LogP contribution in [0.5, 0.6) is 5.75 Å². The summed E-state index contributed by atoms with van der Waals surface area (Å²) in [6.07, 6.45) is 1.58. The zero-order valence-electron chi connectivity index (χ0n) is 12.0. The molecule has 0 aliphatic carbocycles. The summed E-state index contributed by atoms with van der Waals surface area (Å²) < 4.78 is 5.24. The van der Waals surface area contributed by atoms with Gasteiger partial charge in [-0.2, -0.15) is 0 Å². The minimum atomic E-state index is -0.283. The van der Waals surface area contributed by atoms with Crippen molar-refractivity contribution in [2.45, 2.75) is 6.92 Å². The SMILES string of the molecule is COc1ccccc1C=C(C(C)=O)C(=O)c1ccccc1. The summed E-state index contributed by atoms with van der Waals surface area (Å²) in [5.41, 5.74) is 1.34. The van der Waals surface area contributed by atoms with E-state index < -0.39 is 0 Å². The number of para-hydroxylation sites is 1. The number of hydrogen-bond acceptors (Lipinski definition) is 3. The molecular weight excluding hydrogens is 264 g/mol. The number of methoxy groups -OCH3 is 1. The number of benzene rings is 2. The highest BCUT2D eigenvalue weighted by Crippen LogP contribution is 2.22. The minimum absolute atomic E-state index is 0.144. The highest BCUT2D eigenvalue weighted by Gasteiger charge is 2.17. The Bertz CT molecular complexity index is 685. The molecule has 0 heterocycles. The Labute approximate surface area is 123 Å². The molecule has 0 spiro atoms. The molecule has 3 nitrogen and oxygen atoms in total. The van der Waals surface area contributed by atoms with E-state index in [-0.39, 0.29) is 17.1 Å². The fourth-order valence-corrected chi connectivity index (χ4v) is 2.01. The van der Waals surface area contributed by atoms with Gasteiger partial charge >= 0.3 is 0 Å². The van der Waals surface area contributed by atoms with Crippen LogP contribution in [0.1, 0.15) is 22.8 Å². The second kappa shape index (κ2) is 6.66. The highest BCUT2D eigenvalue weighted by atomic mass is 16.5. The number of ether oxygens (including phenoxy) is 1. The molecule has 0 bridgehead atoms. The van der Waals surface area contributed by atoms with Gasteiger partial charge in [-0.3, -0.25) is 9.59 Å². The van der Waals surface area contributed by atoms with Gasteiger partial charge in [0.15, 0.2) is 11.6 Å². The van der Waals surface area contributed by atoms with Crippen molar-refractivity contribution in [3.63, 3.8) is 0 Å². The second-order valence-electron chi connectivity index (χ2n) is 4.55. The van der Waals surface area contributed by atoms with E-state index in [1.165, 1.54) is 6.92 Å². The first kappa shape index (κ1) is 14.7. The Hall–Kier alpha value is -2.68.